The second kappa shape index (κ2) is 6.67. The van der Waals surface area contributed by atoms with Crippen LogP contribution in [0.1, 0.15) is 43.5 Å². The molecule has 122 valence electrons. The molecule has 0 saturated carbocycles. The van der Waals surface area contributed by atoms with Crippen LogP contribution in [0.4, 0.5) is 0 Å². The number of likely N-dealkylation sites (tertiary alicyclic amines) is 1. The summed E-state index contributed by atoms with van der Waals surface area (Å²) in [6.45, 7) is 7.33. The molecular weight excluding hydrogens is 286 g/mol. The third-order valence-electron chi connectivity index (χ3n) is 4.79. The van der Waals surface area contributed by atoms with Gasteiger partial charge in [-0.3, -0.25) is 14.7 Å². The normalized spacial score (nSPS) is 16.4. The zero-order valence-corrected chi connectivity index (χ0v) is 14.0. The number of hydrogen-bond acceptors (Lipinski definition) is 3. The molecule has 2 heterocycles. The van der Waals surface area contributed by atoms with Gasteiger partial charge >= 0.3 is 0 Å². The summed E-state index contributed by atoms with van der Waals surface area (Å²) < 4.78 is 0. The van der Waals surface area contributed by atoms with Crippen LogP contribution in [0.3, 0.4) is 0 Å². The number of benzene rings is 1. The smallest absolute Gasteiger partial charge is 0.252 e. The lowest BCUT2D eigenvalue weighted by molar-refractivity contribution is 0.0798. The molecule has 3 rings (SSSR count). The number of hydrogen-bond donors (Lipinski definition) is 1. The molecule has 2 aromatic rings. The first kappa shape index (κ1) is 15.9. The molecule has 1 fully saturated rings. The number of aromatic nitrogens is 1. The van der Waals surface area contributed by atoms with E-state index in [-0.39, 0.29) is 11.4 Å². The average molecular weight is 311 g/mol. The monoisotopic (exact) mass is 311 g/mol. The summed E-state index contributed by atoms with van der Waals surface area (Å²) in [4.78, 5) is 19.4. The van der Waals surface area contributed by atoms with E-state index >= 15 is 0 Å². The zero-order chi connectivity index (χ0) is 16.3. The SMILES string of the molecule is CC(C)(CNC(=O)c1ccnc2ccccc12)N1CCCCC1. The minimum Gasteiger partial charge on any atom is -0.350 e. The summed E-state index contributed by atoms with van der Waals surface area (Å²) >= 11 is 0. The number of nitrogens with one attached hydrogen (secondary N) is 1. The van der Waals surface area contributed by atoms with Crippen LogP contribution in [-0.4, -0.2) is 41.0 Å². The standard InChI is InChI=1S/C19H25N3O/c1-19(2,22-12-6-3-7-13-22)14-21-18(23)16-10-11-20-17-9-5-4-8-15(16)17/h4-5,8-11H,3,6-7,12-14H2,1-2H3,(H,21,23). The first-order valence-electron chi connectivity index (χ1n) is 8.45. The maximum absolute atomic E-state index is 12.6. The Bertz CT molecular complexity index is 685. The molecule has 0 unspecified atom stereocenters. The van der Waals surface area contributed by atoms with Gasteiger partial charge in [-0.05, 0) is 51.9 Å². The van der Waals surface area contributed by atoms with Crippen molar-refractivity contribution in [2.75, 3.05) is 19.6 Å². The van der Waals surface area contributed by atoms with Crippen molar-refractivity contribution in [1.29, 1.82) is 0 Å². The van der Waals surface area contributed by atoms with Crippen molar-refractivity contribution in [3.05, 3.63) is 42.1 Å². The molecule has 4 nitrogen and oxygen atoms in total. The van der Waals surface area contributed by atoms with Crippen LogP contribution in [-0.2, 0) is 0 Å². The number of carbonyl (C=O) groups is 1. The van der Waals surface area contributed by atoms with Crippen molar-refractivity contribution < 1.29 is 4.79 Å². The first-order valence-corrected chi connectivity index (χ1v) is 8.45. The Morgan fingerprint density at radius 2 is 1.91 bits per heavy atom. The second-order valence-electron chi connectivity index (χ2n) is 6.92. The van der Waals surface area contributed by atoms with Crippen molar-refractivity contribution in [1.82, 2.24) is 15.2 Å². The Morgan fingerprint density at radius 1 is 1.17 bits per heavy atom. The molecule has 1 saturated heterocycles. The Hall–Kier alpha value is -1.94. The zero-order valence-electron chi connectivity index (χ0n) is 14.0. The summed E-state index contributed by atoms with van der Waals surface area (Å²) in [6.07, 6.45) is 5.54. The lowest BCUT2D eigenvalue weighted by atomic mass is 9.98. The lowest BCUT2D eigenvalue weighted by Crippen LogP contribution is -2.53. The third kappa shape index (κ3) is 3.53. The van der Waals surface area contributed by atoms with E-state index in [2.05, 4.69) is 29.0 Å². The number of para-hydroxylation sites is 1. The number of rotatable bonds is 4. The van der Waals surface area contributed by atoms with Gasteiger partial charge in [0, 0.05) is 23.7 Å². The van der Waals surface area contributed by atoms with E-state index in [9.17, 15) is 4.79 Å². The van der Waals surface area contributed by atoms with Gasteiger partial charge < -0.3 is 5.32 Å². The van der Waals surface area contributed by atoms with E-state index in [0.29, 0.717) is 12.1 Å². The van der Waals surface area contributed by atoms with Crippen molar-refractivity contribution in [3.8, 4) is 0 Å². The summed E-state index contributed by atoms with van der Waals surface area (Å²) in [7, 11) is 0. The molecule has 1 aromatic heterocycles. The maximum Gasteiger partial charge on any atom is 0.252 e. The lowest BCUT2D eigenvalue weighted by Gasteiger charge is -2.41. The Morgan fingerprint density at radius 3 is 2.70 bits per heavy atom. The molecule has 0 aliphatic carbocycles. The van der Waals surface area contributed by atoms with Crippen LogP contribution in [0.2, 0.25) is 0 Å². The molecule has 1 N–H and O–H groups in total. The molecule has 23 heavy (non-hydrogen) atoms. The van der Waals surface area contributed by atoms with Crippen LogP contribution in [0.15, 0.2) is 36.5 Å². The van der Waals surface area contributed by atoms with Crippen molar-refractivity contribution in [2.45, 2.75) is 38.6 Å². The number of nitrogens with zero attached hydrogens (tertiary/aromatic N) is 2. The van der Waals surface area contributed by atoms with Gasteiger partial charge in [0.25, 0.3) is 5.91 Å². The van der Waals surface area contributed by atoms with Gasteiger partial charge in [0.15, 0.2) is 0 Å². The number of piperidine rings is 1. The van der Waals surface area contributed by atoms with Crippen molar-refractivity contribution in [3.63, 3.8) is 0 Å². The predicted molar refractivity (Wildman–Crippen MR) is 93.6 cm³/mol. The highest BCUT2D eigenvalue weighted by molar-refractivity contribution is 6.05. The van der Waals surface area contributed by atoms with Gasteiger partial charge in [-0.1, -0.05) is 24.6 Å². The summed E-state index contributed by atoms with van der Waals surface area (Å²) in [5.74, 6) is -0.0197. The van der Waals surface area contributed by atoms with Gasteiger partial charge in [-0.25, -0.2) is 0 Å². The molecule has 1 aliphatic heterocycles. The molecule has 0 radical (unpaired) electrons. The van der Waals surface area contributed by atoms with Crippen LogP contribution in [0, 0.1) is 0 Å². The minimum atomic E-state index is -0.0197. The van der Waals surface area contributed by atoms with Crippen LogP contribution < -0.4 is 5.32 Å². The van der Waals surface area contributed by atoms with E-state index < -0.39 is 0 Å². The van der Waals surface area contributed by atoms with Gasteiger partial charge in [0.2, 0.25) is 0 Å². The topological polar surface area (TPSA) is 45.2 Å². The van der Waals surface area contributed by atoms with Crippen molar-refractivity contribution >= 4 is 16.8 Å². The molecule has 1 amide bonds. The fourth-order valence-corrected chi connectivity index (χ4v) is 3.30. The molecule has 4 heteroatoms. The van der Waals surface area contributed by atoms with Crippen LogP contribution >= 0.6 is 0 Å². The fraction of sp³-hybridized carbons (Fsp3) is 0.474. The molecule has 0 spiro atoms. The fourth-order valence-electron chi connectivity index (χ4n) is 3.30. The number of pyridine rings is 1. The van der Waals surface area contributed by atoms with Gasteiger partial charge in [-0.15, -0.1) is 0 Å². The van der Waals surface area contributed by atoms with E-state index in [4.69, 9.17) is 0 Å². The Labute approximate surface area is 137 Å². The largest absolute Gasteiger partial charge is 0.350 e. The third-order valence-corrected chi connectivity index (χ3v) is 4.79. The van der Waals surface area contributed by atoms with Crippen molar-refractivity contribution in [2.24, 2.45) is 0 Å². The minimum absolute atomic E-state index is 0.0150. The molecule has 0 bridgehead atoms. The van der Waals surface area contributed by atoms with E-state index in [1.807, 2.05) is 24.3 Å². The number of amides is 1. The van der Waals surface area contributed by atoms with E-state index in [0.717, 1.165) is 24.0 Å². The highest BCUT2D eigenvalue weighted by atomic mass is 16.1. The number of carbonyl (C=O) groups excluding carboxylic acids is 1. The highest BCUT2D eigenvalue weighted by Gasteiger charge is 2.28. The van der Waals surface area contributed by atoms with Gasteiger partial charge in [0.05, 0.1) is 11.1 Å². The van der Waals surface area contributed by atoms with Gasteiger partial charge in [-0.2, -0.15) is 0 Å². The highest BCUT2D eigenvalue weighted by Crippen LogP contribution is 2.20. The average Bonchev–Trinajstić information content (AvgIpc) is 2.60. The molecule has 0 atom stereocenters. The second-order valence-corrected chi connectivity index (χ2v) is 6.92. The van der Waals surface area contributed by atoms with E-state index in [1.165, 1.54) is 19.3 Å². The summed E-state index contributed by atoms with van der Waals surface area (Å²) in [6, 6.07) is 9.57. The predicted octanol–water partition coefficient (Wildman–Crippen LogP) is 3.23. The Kier molecular flexibility index (Phi) is 4.62. The first-order chi connectivity index (χ1) is 11.1. The Balaban J connectivity index is 1.71. The van der Waals surface area contributed by atoms with Crippen LogP contribution in [0.25, 0.3) is 10.9 Å². The van der Waals surface area contributed by atoms with Crippen LogP contribution in [0.5, 0.6) is 0 Å². The summed E-state index contributed by atoms with van der Waals surface area (Å²) in [5, 5.41) is 4.03. The molecule has 1 aromatic carbocycles. The van der Waals surface area contributed by atoms with E-state index in [1.54, 1.807) is 12.3 Å². The quantitative estimate of drug-likeness (QED) is 0.943. The molecule has 1 aliphatic rings. The van der Waals surface area contributed by atoms with Gasteiger partial charge in [0.1, 0.15) is 0 Å². The maximum atomic E-state index is 12.6. The number of fused-ring (bicyclic) bond motifs is 1. The summed E-state index contributed by atoms with van der Waals surface area (Å²) in [5.41, 5.74) is 1.54. The molecular formula is C19H25N3O.